The molecule has 0 bridgehead atoms. The van der Waals surface area contributed by atoms with E-state index in [2.05, 4.69) is 0 Å². The molecule has 1 aliphatic heterocycles. The number of benzene rings is 2. The summed E-state index contributed by atoms with van der Waals surface area (Å²) in [5.74, 6) is -0.291. The normalized spacial score (nSPS) is 16.0. The first-order valence-electron chi connectivity index (χ1n) is 10.7. The van der Waals surface area contributed by atoms with E-state index in [4.69, 9.17) is 14.6 Å². The van der Waals surface area contributed by atoms with Crippen molar-refractivity contribution in [2.75, 3.05) is 13.2 Å². The lowest BCUT2D eigenvalue weighted by Gasteiger charge is -2.34. The van der Waals surface area contributed by atoms with Crippen LogP contribution in [-0.2, 0) is 22.6 Å². The molecule has 168 valence electrons. The Kier molecular flexibility index (Phi) is 6.28. The molecular weight excluding hydrogens is 409 g/mol. The molecule has 6 nitrogen and oxygen atoms in total. The fraction of sp³-hybridized carbons (Fsp3) is 0.360. The molecule has 7 heteroatoms. The number of amides is 1. The van der Waals surface area contributed by atoms with Crippen LogP contribution in [-0.4, -0.2) is 39.5 Å². The molecule has 2 heterocycles. The van der Waals surface area contributed by atoms with Crippen LogP contribution in [0.5, 0.6) is 0 Å². The van der Waals surface area contributed by atoms with E-state index in [1.807, 2.05) is 61.9 Å². The lowest BCUT2D eigenvalue weighted by Crippen LogP contribution is -2.44. The largest absolute Gasteiger partial charge is 0.444 e. The summed E-state index contributed by atoms with van der Waals surface area (Å²) >= 11 is 0. The van der Waals surface area contributed by atoms with E-state index in [1.165, 1.54) is 12.1 Å². The third kappa shape index (κ3) is 5.34. The smallest absolute Gasteiger partial charge is 0.410 e. The molecule has 3 aromatic rings. The average Bonchev–Trinajstić information content (AvgIpc) is 3.18. The minimum atomic E-state index is -0.576. The summed E-state index contributed by atoms with van der Waals surface area (Å²) < 4.78 is 26.8. The fourth-order valence-electron chi connectivity index (χ4n) is 3.70. The third-order valence-corrected chi connectivity index (χ3v) is 5.16. The van der Waals surface area contributed by atoms with Gasteiger partial charge in [-0.2, -0.15) is 5.10 Å². The van der Waals surface area contributed by atoms with Crippen LogP contribution in [0.2, 0.25) is 0 Å². The number of carbonyl (C=O) groups is 1. The van der Waals surface area contributed by atoms with E-state index in [0.29, 0.717) is 26.3 Å². The van der Waals surface area contributed by atoms with Crippen LogP contribution < -0.4 is 0 Å². The zero-order chi connectivity index (χ0) is 22.7. The van der Waals surface area contributed by atoms with Gasteiger partial charge < -0.3 is 14.4 Å². The summed E-state index contributed by atoms with van der Waals surface area (Å²) in [7, 11) is 0. The van der Waals surface area contributed by atoms with Crippen molar-refractivity contribution in [2.45, 2.75) is 45.6 Å². The molecule has 0 fully saturated rings. The molecule has 4 rings (SSSR count). The zero-order valence-electron chi connectivity index (χ0n) is 18.6. The van der Waals surface area contributed by atoms with Gasteiger partial charge in [0, 0.05) is 12.1 Å². The Hall–Kier alpha value is -3.19. The highest BCUT2D eigenvalue weighted by molar-refractivity contribution is 5.68. The van der Waals surface area contributed by atoms with Gasteiger partial charge in [0.2, 0.25) is 0 Å². The molecular formula is C25H28FN3O3. The Morgan fingerprint density at radius 2 is 1.84 bits per heavy atom. The molecule has 2 aromatic carbocycles. The number of fused-ring (bicyclic) bond motifs is 1. The van der Waals surface area contributed by atoms with Crippen LogP contribution >= 0.6 is 0 Å². The van der Waals surface area contributed by atoms with Gasteiger partial charge in [-0.3, -0.25) is 4.68 Å². The van der Waals surface area contributed by atoms with Crippen molar-refractivity contribution < 1.29 is 18.7 Å². The van der Waals surface area contributed by atoms with Crippen molar-refractivity contribution in [1.29, 1.82) is 0 Å². The highest BCUT2D eigenvalue weighted by Gasteiger charge is 2.32. The molecule has 0 saturated carbocycles. The molecule has 0 N–H and O–H groups in total. The summed E-state index contributed by atoms with van der Waals surface area (Å²) in [6.45, 7) is 7.25. The number of carbonyl (C=O) groups excluding carboxylic acids is 1. The molecule has 0 unspecified atom stereocenters. The fourth-order valence-corrected chi connectivity index (χ4v) is 3.70. The van der Waals surface area contributed by atoms with Gasteiger partial charge >= 0.3 is 6.09 Å². The summed E-state index contributed by atoms with van der Waals surface area (Å²) in [5.41, 5.74) is 2.95. The summed E-state index contributed by atoms with van der Waals surface area (Å²) in [5, 5.41) is 4.76. The number of hydrogen-bond acceptors (Lipinski definition) is 4. The van der Waals surface area contributed by atoms with E-state index in [0.717, 1.165) is 22.5 Å². The minimum Gasteiger partial charge on any atom is -0.444 e. The van der Waals surface area contributed by atoms with Gasteiger partial charge in [0.1, 0.15) is 11.4 Å². The van der Waals surface area contributed by atoms with Crippen molar-refractivity contribution in [1.82, 2.24) is 14.7 Å². The highest BCUT2D eigenvalue weighted by atomic mass is 19.1. The highest BCUT2D eigenvalue weighted by Crippen LogP contribution is 2.28. The average molecular weight is 438 g/mol. The summed E-state index contributed by atoms with van der Waals surface area (Å²) in [4.78, 5) is 14.5. The predicted molar refractivity (Wildman–Crippen MR) is 119 cm³/mol. The Bertz CT molecular complexity index is 1060. The maximum atomic E-state index is 13.3. The number of nitrogens with zero attached hydrogens (tertiary/aromatic N) is 3. The van der Waals surface area contributed by atoms with Gasteiger partial charge in [0.15, 0.2) is 0 Å². The molecule has 1 atom stereocenters. The first-order valence-corrected chi connectivity index (χ1v) is 10.7. The Morgan fingerprint density at radius 3 is 2.53 bits per heavy atom. The van der Waals surface area contributed by atoms with E-state index in [1.54, 1.807) is 17.0 Å². The quantitative estimate of drug-likeness (QED) is 0.551. The first kappa shape index (κ1) is 22.0. The van der Waals surface area contributed by atoms with Gasteiger partial charge in [-0.05, 0) is 56.7 Å². The minimum absolute atomic E-state index is 0.163. The first-order chi connectivity index (χ1) is 15.3. The van der Waals surface area contributed by atoms with Gasteiger partial charge in [-0.25, -0.2) is 9.18 Å². The van der Waals surface area contributed by atoms with Crippen LogP contribution in [0.25, 0.3) is 11.3 Å². The molecule has 1 aliphatic rings. The van der Waals surface area contributed by atoms with Gasteiger partial charge in [-0.15, -0.1) is 0 Å². The molecule has 32 heavy (non-hydrogen) atoms. The third-order valence-electron chi connectivity index (χ3n) is 5.16. The van der Waals surface area contributed by atoms with Gasteiger partial charge in [0.25, 0.3) is 0 Å². The Morgan fingerprint density at radius 1 is 1.12 bits per heavy atom. The predicted octanol–water partition coefficient (Wildman–Crippen LogP) is 5.20. The van der Waals surface area contributed by atoms with Crippen LogP contribution in [0.15, 0.2) is 60.7 Å². The number of rotatable bonds is 5. The Labute approximate surface area is 187 Å². The van der Waals surface area contributed by atoms with Crippen molar-refractivity contribution in [3.05, 3.63) is 77.7 Å². The second-order valence-corrected chi connectivity index (χ2v) is 8.99. The van der Waals surface area contributed by atoms with Crippen LogP contribution in [0.3, 0.4) is 0 Å². The van der Waals surface area contributed by atoms with Gasteiger partial charge in [-0.1, -0.05) is 30.3 Å². The summed E-state index contributed by atoms with van der Waals surface area (Å²) in [6.07, 6.45) is -0.360. The lowest BCUT2D eigenvalue weighted by atomic mass is 10.1. The van der Waals surface area contributed by atoms with E-state index in [-0.39, 0.29) is 18.0 Å². The monoisotopic (exact) mass is 437 g/mol. The number of hydrogen-bond donors (Lipinski definition) is 0. The molecule has 1 aromatic heterocycles. The van der Waals surface area contributed by atoms with Crippen molar-refractivity contribution in [2.24, 2.45) is 0 Å². The lowest BCUT2D eigenvalue weighted by molar-refractivity contribution is 0.00660. The van der Waals surface area contributed by atoms with Crippen LogP contribution in [0.4, 0.5) is 9.18 Å². The molecule has 0 aliphatic carbocycles. The molecule has 0 saturated heterocycles. The van der Waals surface area contributed by atoms with Crippen molar-refractivity contribution in [3.63, 3.8) is 0 Å². The standard InChI is InChI=1S/C25H28FN3O3/c1-25(2,3)32-24(30)28-14-21-13-23(19-9-11-20(26)12-10-19)27-29(21)22(15-28)17-31-16-18-7-5-4-6-8-18/h4-13,22H,14-17H2,1-3H3/t22-/m1/s1. The van der Waals surface area contributed by atoms with Crippen molar-refractivity contribution >= 4 is 6.09 Å². The van der Waals surface area contributed by atoms with Crippen molar-refractivity contribution in [3.8, 4) is 11.3 Å². The molecule has 1 amide bonds. The maximum Gasteiger partial charge on any atom is 0.410 e. The second kappa shape index (κ2) is 9.12. The van der Waals surface area contributed by atoms with E-state index < -0.39 is 5.60 Å². The maximum absolute atomic E-state index is 13.3. The molecule has 0 radical (unpaired) electrons. The number of halogens is 1. The zero-order valence-corrected chi connectivity index (χ0v) is 18.6. The topological polar surface area (TPSA) is 56.6 Å². The number of aromatic nitrogens is 2. The second-order valence-electron chi connectivity index (χ2n) is 8.99. The van der Waals surface area contributed by atoms with Crippen LogP contribution in [0.1, 0.15) is 38.1 Å². The Balaban J connectivity index is 1.55. The van der Waals surface area contributed by atoms with E-state index in [9.17, 15) is 9.18 Å². The van der Waals surface area contributed by atoms with Crippen LogP contribution in [0, 0.1) is 5.82 Å². The molecule has 0 spiro atoms. The van der Waals surface area contributed by atoms with E-state index >= 15 is 0 Å². The SMILES string of the molecule is CC(C)(C)OC(=O)N1Cc2cc(-c3ccc(F)cc3)nn2[C@@H](COCc2ccccc2)C1. The van der Waals surface area contributed by atoms with Gasteiger partial charge in [0.05, 0.1) is 37.2 Å². The summed E-state index contributed by atoms with van der Waals surface area (Å²) in [6, 6.07) is 18.0. The number of ether oxygens (including phenoxy) is 2.